The van der Waals surface area contributed by atoms with Gasteiger partial charge in [0.2, 0.25) is 11.8 Å². The predicted molar refractivity (Wildman–Crippen MR) is 111 cm³/mol. The first-order valence-electron chi connectivity index (χ1n) is 10.5. The van der Waals surface area contributed by atoms with Gasteiger partial charge in [-0.3, -0.25) is 19.3 Å². The van der Waals surface area contributed by atoms with Crippen molar-refractivity contribution < 1.29 is 14.4 Å². The zero-order valence-electron chi connectivity index (χ0n) is 16.4. The van der Waals surface area contributed by atoms with Crippen molar-refractivity contribution in [2.45, 2.75) is 32.6 Å². The molecule has 2 saturated carbocycles. The minimum Gasteiger partial charge on any atom is -0.322 e. The maximum atomic E-state index is 13.0. The Balaban J connectivity index is 1.41. The molecule has 3 fully saturated rings. The van der Waals surface area contributed by atoms with Crippen LogP contribution in [0.15, 0.2) is 48.5 Å². The standard InChI is InChI=1S/C24H24N2O3/c1-2-14-6-3-4-9-19(14)25-22(27)17-7-5-8-18(13-17)26-23(28)20-15-10-11-16(12-15)21(20)24(26)29/h3-9,13,15-16,20-21H,2,10-12H2,1H3,(H,25,27)/t15-,16+,20+,21-. The monoisotopic (exact) mass is 388 g/mol. The van der Waals surface area contributed by atoms with Crippen LogP contribution >= 0.6 is 0 Å². The maximum absolute atomic E-state index is 13.0. The van der Waals surface area contributed by atoms with E-state index in [1.807, 2.05) is 31.2 Å². The van der Waals surface area contributed by atoms with Crippen molar-refractivity contribution in [1.82, 2.24) is 0 Å². The van der Waals surface area contributed by atoms with Crippen molar-refractivity contribution in [3.05, 3.63) is 59.7 Å². The first kappa shape index (κ1) is 18.1. The van der Waals surface area contributed by atoms with Crippen molar-refractivity contribution in [3.8, 4) is 0 Å². The summed E-state index contributed by atoms with van der Waals surface area (Å²) in [6.07, 6.45) is 3.94. The average molecular weight is 388 g/mol. The number of hydrogen-bond donors (Lipinski definition) is 1. The van der Waals surface area contributed by atoms with E-state index in [1.165, 1.54) is 4.90 Å². The third-order valence-electron chi connectivity index (χ3n) is 6.94. The second-order valence-electron chi connectivity index (χ2n) is 8.41. The van der Waals surface area contributed by atoms with E-state index in [1.54, 1.807) is 24.3 Å². The second-order valence-corrected chi connectivity index (χ2v) is 8.41. The Morgan fingerprint density at radius 2 is 1.69 bits per heavy atom. The molecule has 148 valence electrons. The van der Waals surface area contributed by atoms with Crippen LogP contribution in [0.2, 0.25) is 0 Å². The third-order valence-corrected chi connectivity index (χ3v) is 6.94. The smallest absolute Gasteiger partial charge is 0.255 e. The summed E-state index contributed by atoms with van der Waals surface area (Å²) in [5.41, 5.74) is 2.79. The lowest BCUT2D eigenvalue weighted by Gasteiger charge is -2.19. The van der Waals surface area contributed by atoms with E-state index in [0.717, 1.165) is 36.9 Å². The molecule has 2 aromatic rings. The van der Waals surface area contributed by atoms with E-state index < -0.39 is 0 Å². The summed E-state index contributed by atoms with van der Waals surface area (Å²) in [4.78, 5) is 40.2. The molecule has 2 aliphatic carbocycles. The molecule has 0 unspecified atom stereocenters. The molecule has 2 bridgehead atoms. The Bertz CT molecular complexity index is 987. The van der Waals surface area contributed by atoms with Crippen LogP contribution in [0.1, 0.15) is 42.1 Å². The van der Waals surface area contributed by atoms with Crippen molar-refractivity contribution in [3.63, 3.8) is 0 Å². The van der Waals surface area contributed by atoms with Crippen molar-refractivity contribution >= 4 is 29.1 Å². The largest absolute Gasteiger partial charge is 0.322 e. The molecule has 3 amide bonds. The molecular formula is C24H24N2O3. The molecule has 0 radical (unpaired) electrons. The lowest BCUT2D eigenvalue weighted by Crippen LogP contribution is -2.33. The Morgan fingerprint density at radius 1 is 1.00 bits per heavy atom. The summed E-state index contributed by atoms with van der Waals surface area (Å²) in [5, 5.41) is 2.95. The molecule has 5 heteroatoms. The van der Waals surface area contributed by atoms with Gasteiger partial charge in [-0.05, 0) is 67.3 Å². The number of amides is 3. The topological polar surface area (TPSA) is 66.5 Å². The van der Waals surface area contributed by atoms with Gasteiger partial charge in [-0.1, -0.05) is 31.2 Å². The molecule has 1 aliphatic heterocycles. The highest BCUT2D eigenvalue weighted by molar-refractivity contribution is 6.23. The lowest BCUT2D eigenvalue weighted by atomic mass is 9.81. The molecule has 0 spiro atoms. The number of fused-ring (bicyclic) bond motifs is 5. The lowest BCUT2D eigenvalue weighted by molar-refractivity contribution is -0.123. The number of carbonyl (C=O) groups is 3. The quantitative estimate of drug-likeness (QED) is 0.804. The van der Waals surface area contributed by atoms with Crippen LogP contribution < -0.4 is 10.2 Å². The van der Waals surface area contributed by atoms with Gasteiger partial charge in [0.25, 0.3) is 5.91 Å². The molecule has 2 aromatic carbocycles. The summed E-state index contributed by atoms with van der Waals surface area (Å²) >= 11 is 0. The van der Waals surface area contributed by atoms with Gasteiger partial charge in [0.1, 0.15) is 0 Å². The number of carbonyl (C=O) groups excluding carboxylic acids is 3. The number of rotatable bonds is 4. The van der Waals surface area contributed by atoms with Gasteiger partial charge in [-0.15, -0.1) is 0 Å². The van der Waals surface area contributed by atoms with Crippen molar-refractivity contribution in [2.75, 3.05) is 10.2 Å². The highest BCUT2D eigenvalue weighted by Crippen LogP contribution is 2.56. The number of aryl methyl sites for hydroxylation is 1. The first-order chi connectivity index (χ1) is 14.1. The third kappa shape index (κ3) is 2.79. The van der Waals surface area contributed by atoms with E-state index in [-0.39, 0.29) is 29.6 Å². The fraction of sp³-hybridized carbons (Fsp3) is 0.375. The van der Waals surface area contributed by atoms with E-state index in [4.69, 9.17) is 0 Å². The summed E-state index contributed by atoms with van der Waals surface area (Å²) < 4.78 is 0. The molecular weight excluding hydrogens is 364 g/mol. The molecule has 5 nitrogen and oxygen atoms in total. The fourth-order valence-electron chi connectivity index (χ4n) is 5.59. The van der Waals surface area contributed by atoms with Crippen LogP contribution in [0.4, 0.5) is 11.4 Å². The second kappa shape index (κ2) is 6.83. The summed E-state index contributed by atoms with van der Waals surface area (Å²) in [6.45, 7) is 2.04. The molecule has 3 aliphatic rings. The number of para-hydroxylation sites is 1. The van der Waals surface area contributed by atoms with Crippen LogP contribution in [0.3, 0.4) is 0 Å². The number of benzene rings is 2. The van der Waals surface area contributed by atoms with Crippen LogP contribution in [-0.2, 0) is 16.0 Å². The molecule has 29 heavy (non-hydrogen) atoms. The van der Waals surface area contributed by atoms with Crippen LogP contribution in [0, 0.1) is 23.7 Å². The first-order valence-corrected chi connectivity index (χ1v) is 10.5. The summed E-state index contributed by atoms with van der Waals surface area (Å²) in [7, 11) is 0. The van der Waals surface area contributed by atoms with Crippen molar-refractivity contribution in [2.24, 2.45) is 23.7 Å². The van der Waals surface area contributed by atoms with Gasteiger partial charge in [0.15, 0.2) is 0 Å². The molecule has 5 rings (SSSR count). The molecule has 0 aromatic heterocycles. The predicted octanol–water partition coefficient (Wildman–Crippen LogP) is 4.04. The number of imide groups is 1. The van der Waals surface area contributed by atoms with Gasteiger partial charge in [-0.25, -0.2) is 0 Å². The Kier molecular flexibility index (Phi) is 4.26. The van der Waals surface area contributed by atoms with Crippen molar-refractivity contribution in [1.29, 1.82) is 0 Å². The van der Waals surface area contributed by atoms with E-state index in [2.05, 4.69) is 5.32 Å². The maximum Gasteiger partial charge on any atom is 0.255 e. The average Bonchev–Trinajstić information content (AvgIpc) is 3.42. The van der Waals surface area contributed by atoms with Gasteiger partial charge in [0, 0.05) is 11.3 Å². The van der Waals surface area contributed by atoms with E-state index in [9.17, 15) is 14.4 Å². The Hall–Kier alpha value is -2.95. The SMILES string of the molecule is CCc1ccccc1NC(=O)c1cccc(N2C(=O)[C@@H]3[C@H]4CC[C@H](C4)[C@@H]3C2=O)c1. The minimum absolute atomic E-state index is 0.0823. The van der Waals surface area contributed by atoms with Crippen LogP contribution in [-0.4, -0.2) is 17.7 Å². The minimum atomic E-state index is -0.243. The Morgan fingerprint density at radius 3 is 2.38 bits per heavy atom. The molecule has 1 heterocycles. The van der Waals surface area contributed by atoms with E-state index in [0.29, 0.717) is 23.1 Å². The van der Waals surface area contributed by atoms with Crippen LogP contribution in [0.5, 0.6) is 0 Å². The van der Waals surface area contributed by atoms with Gasteiger partial charge < -0.3 is 5.32 Å². The highest BCUT2D eigenvalue weighted by atomic mass is 16.2. The summed E-state index contributed by atoms with van der Waals surface area (Å²) in [6, 6.07) is 14.6. The number of anilines is 2. The summed E-state index contributed by atoms with van der Waals surface area (Å²) in [5.74, 6) is -0.0217. The zero-order valence-corrected chi connectivity index (χ0v) is 16.4. The zero-order chi connectivity index (χ0) is 20.1. The van der Waals surface area contributed by atoms with Gasteiger partial charge in [0.05, 0.1) is 17.5 Å². The van der Waals surface area contributed by atoms with Crippen LogP contribution in [0.25, 0.3) is 0 Å². The number of nitrogens with one attached hydrogen (secondary N) is 1. The van der Waals surface area contributed by atoms with E-state index >= 15 is 0 Å². The normalized spacial score (nSPS) is 27.4. The number of nitrogens with zero attached hydrogens (tertiary/aromatic N) is 1. The number of hydrogen-bond acceptors (Lipinski definition) is 3. The Labute approximate surface area is 170 Å². The van der Waals surface area contributed by atoms with Gasteiger partial charge >= 0.3 is 0 Å². The van der Waals surface area contributed by atoms with Gasteiger partial charge in [-0.2, -0.15) is 0 Å². The molecule has 1 N–H and O–H groups in total. The molecule has 1 saturated heterocycles. The molecule has 4 atom stereocenters. The fourth-order valence-corrected chi connectivity index (χ4v) is 5.59. The highest BCUT2D eigenvalue weighted by Gasteiger charge is 2.61.